The van der Waals surface area contributed by atoms with Crippen LogP contribution in [0.1, 0.15) is 107 Å². The zero-order chi connectivity index (χ0) is 25.9. The molecule has 1 unspecified atom stereocenters. The molecule has 2 aliphatic carbocycles. The van der Waals surface area contributed by atoms with Crippen LogP contribution in [0.3, 0.4) is 0 Å². The fourth-order valence-electron chi connectivity index (χ4n) is 6.16. The molecule has 0 aromatic heterocycles. The van der Waals surface area contributed by atoms with Gasteiger partial charge >= 0.3 is 0 Å². The molecular weight excluding hydrogens is 475 g/mol. The second kappa shape index (κ2) is 14.3. The fraction of sp³-hybridized carbons (Fsp3) is 0.543. The molecule has 0 spiro atoms. The van der Waals surface area contributed by atoms with Gasteiger partial charge in [0.1, 0.15) is 5.82 Å². The van der Waals surface area contributed by atoms with Gasteiger partial charge in [0.05, 0.1) is 4.87 Å². The summed E-state index contributed by atoms with van der Waals surface area (Å²) in [5.74, 6) is 1.51. The largest absolute Gasteiger partial charge is 0.206 e. The van der Waals surface area contributed by atoms with E-state index >= 15 is 0 Å². The van der Waals surface area contributed by atoms with Crippen molar-refractivity contribution in [2.75, 3.05) is 0 Å². The topological polar surface area (TPSA) is 0 Å². The van der Waals surface area contributed by atoms with Gasteiger partial charge in [-0.3, -0.25) is 0 Å². The molecule has 2 heteroatoms. The molecule has 0 saturated heterocycles. The minimum absolute atomic E-state index is 0.164. The van der Waals surface area contributed by atoms with E-state index < -0.39 is 0 Å². The van der Waals surface area contributed by atoms with Crippen molar-refractivity contribution in [2.24, 2.45) is 11.8 Å². The molecular formula is C35H46ClF. The Hall–Kier alpha value is -1.86. The second-order valence-electron chi connectivity index (χ2n) is 11.7. The third kappa shape index (κ3) is 8.85. The molecule has 0 N–H and O–H groups in total. The first-order chi connectivity index (χ1) is 18.0. The third-order valence-electron chi connectivity index (χ3n) is 8.78. The molecule has 0 amide bonds. The minimum atomic E-state index is -0.312. The minimum Gasteiger partial charge on any atom is -0.206 e. The van der Waals surface area contributed by atoms with Crippen molar-refractivity contribution in [2.45, 2.75) is 108 Å². The number of alkyl halides is 1. The van der Waals surface area contributed by atoms with E-state index in [1.807, 2.05) is 18.2 Å². The first-order valence-electron chi connectivity index (χ1n) is 15.0. The summed E-state index contributed by atoms with van der Waals surface area (Å²) in [6.07, 6.45) is 25.2. The number of aryl methyl sites for hydroxylation is 2. The summed E-state index contributed by atoms with van der Waals surface area (Å²) in [6.45, 7) is 2.28. The molecule has 4 rings (SSSR count). The molecule has 0 radical (unpaired) electrons. The molecule has 1 saturated carbocycles. The summed E-state index contributed by atoms with van der Waals surface area (Å²) in [5.41, 5.74) is 4.63. The number of rotatable bonds is 13. The van der Waals surface area contributed by atoms with Crippen molar-refractivity contribution in [1.82, 2.24) is 0 Å². The first-order valence-corrected chi connectivity index (χ1v) is 15.3. The zero-order valence-electron chi connectivity index (χ0n) is 22.9. The van der Waals surface area contributed by atoms with Crippen molar-refractivity contribution < 1.29 is 4.39 Å². The van der Waals surface area contributed by atoms with Crippen LogP contribution in [0.25, 0.3) is 5.57 Å². The molecule has 0 aliphatic heterocycles. The highest BCUT2D eigenvalue weighted by Crippen LogP contribution is 2.40. The zero-order valence-corrected chi connectivity index (χ0v) is 23.6. The lowest BCUT2D eigenvalue weighted by Gasteiger charge is -2.32. The van der Waals surface area contributed by atoms with Gasteiger partial charge in [-0.1, -0.05) is 119 Å². The average Bonchev–Trinajstić information content (AvgIpc) is 2.93. The quantitative estimate of drug-likeness (QED) is 0.182. The number of hydrogen-bond acceptors (Lipinski definition) is 0. The van der Waals surface area contributed by atoms with Crippen LogP contribution in [-0.2, 0) is 12.8 Å². The Morgan fingerprint density at radius 3 is 2.11 bits per heavy atom. The van der Waals surface area contributed by atoms with Crippen LogP contribution in [0.5, 0.6) is 0 Å². The highest BCUT2D eigenvalue weighted by molar-refractivity contribution is 6.25. The molecule has 0 bridgehead atoms. The molecule has 2 aromatic rings. The summed E-state index contributed by atoms with van der Waals surface area (Å²) >= 11 is 6.97. The summed E-state index contributed by atoms with van der Waals surface area (Å²) in [6, 6.07) is 16.5. The molecule has 2 aliphatic rings. The van der Waals surface area contributed by atoms with Gasteiger partial charge in [-0.05, 0) is 79.5 Å². The Labute approximate surface area is 230 Å². The normalized spacial score (nSPS) is 23.7. The molecule has 2 aromatic carbocycles. The third-order valence-corrected chi connectivity index (χ3v) is 9.24. The van der Waals surface area contributed by atoms with Gasteiger partial charge in [0.2, 0.25) is 0 Å². The Morgan fingerprint density at radius 2 is 1.46 bits per heavy atom. The number of benzene rings is 2. The highest BCUT2D eigenvalue weighted by Gasteiger charge is 2.29. The highest BCUT2D eigenvalue weighted by atomic mass is 35.5. The average molecular weight is 521 g/mol. The van der Waals surface area contributed by atoms with Crippen LogP contribution in [-0.4, -0.2) is 4.87 Å². The van der Waals surface area contributed by atoms with E-state index in [-0.39, 0.29) is 10.7 Å². The van der Waals surface area contributed by atoms with E-state index in [2.05, 4.69) is 43.3 Å². The van der Waals surface area contributed by atoms with Gasteiger partial charge < -0.3 is 0 Å². The summed E-state index contributed by atoms with van der Waals surface area (Å²) in [5, 5.41) is 0. The van der Waals surface area contributed by atoms with E-state index in [0.717, 1.165) is 30.3 Å². The number of hydrogen-bond donors (Lipinski definition) is 0. The SMILES string of the molecule is CCCCCCCc1ccc(CCC2CCC(CCC3(Cl)C=CC(c4ccccc4F)=CC3)CC2)cc1. The van der Waals surface area contributed by atoms with Gasteiger partial charge in [-0.2, -0.15) is 0 Å². The van der Waals surface area contributed by atoms with Crippen LogP contribution in [0.2, 0.25) is 0 Å². The molecule has 37 heavy (non-hydrogen) atoms. The van der Waals surface area contributed by atoms with Crippen molar-refractivity contribution in [1.29, 1.82) is 0 Å². The van der Waals surface area contributed by atoms with E-state index in [0.29, 0.717) is 5.56 Å². The van der Waals surface area contributed by atoms with E-state index in [1.165, 1.54) is 101 Å². The fourth-order valence-corrected chi connectivity index (χ4v) is 6.41. The molecule has 1 atom stereocenters. The van der Waals surface area contributed by atoms with Crippen molar-refractivity contribution in [3.05, 3.63) is 89.3 Å². The molecule has 0 heterocycles. The van der Waals surface area contributed by atoms with Crippen LogP contribution >= 0.6 is 11.6 Å². The molecule has 0 nitrogen and oxygen atoms in total. The maximum absolute atomic E-state index is 14.1. The van der Waals surface area contributed by atoms with Crippen LogP contribution in [0.15, 0.2) is 66.8 Å². The van der Waals surface area contributed by atoms with E-state index in [9.17, 15) is 4.39 Å². The number of halogens is 2. The second-order valence-corrected chi connectivity index (χ2v) is 12.4. The Morgan fingerprint density at radius 1 is 0.811 bits per heavy atom. The number of allylic oxidation sites excluding steroid dienone is 4. The van der Waals surface area contributed by atoms with E-state index in [4.69, 9.17) is 11.6 Å². The summed E-state index contributed by atoms with van der Waals surface area (Å²) < 4.78 is 14.1. The van der Waals surface area contributed by atoms with E-state index in [1.54, 1.807) is 6.07 Å². The monoisotopic (exact) mass is 520 g/mol. The maximum atomic E-state index is 14.1. The summed E-state index contributed by atoms with van der Waals surface area (Å²) in [4.78, 5) is -0.312. The maximum Gasteiger partial charge on any atom is 0.131 e. The standard InChI is InChI=1S/C35H46ClF/c1-2-3-4-5-6-9-28-12-14-29(15-13-28)16-17-30-18-20-31(21-19-30)22-25-35(36)26-23-32(24-27-35)33-10-7-8-11-34(33)37/h7-8,10-15,23-24,26,30-31H,2-6,9,16-22,25,27H2,1H3. The lowest BCUT2D eigenvalue weighted by molar-refractivity contribution is 0.246. The van der Waals surface area contributed by atoms with Crippen molar-refractivity contribution in [3.8, 4) is 0 Å². The lowest BCUT2D eigenvalue weighted by atomic mass is 9.76. The Kier molecular flexibility index (Phi) is 10.9. The van der Waals surface area contributed by atoms with Crippen LogP contribution in [0.4, 0.5) is 4.39 Å². The Bertz CT molecular complexity index is 1010. The van der Waals surface area contributed by atoms with Crippen molar-refractivity contribution >= 4 is 17.2 Å². The Balaban J connectivity index is 1.12. The van der Waals surface area contributed by atoms with Gasteiger partial charge in [0, 0.05) is 5.56 Å². The van der Waals surface area contributed by atoms with Crippen molar-refractivity contribution in [3.63, 3.8) is 0 Å². The smallest absolute Gasteiger partial charge is 0.131 e. The first kappa shape index (κ1) is 28.2. The lowest BCUT2D eigenvalue weighted by Crippen LogP contribution is -2.23. The van der Waals surface area contributed by atoms with Gasteiger partial charge in [0.25, 0.3) is 0 Å². The van der Waals surface area contributed by atoms with Crippen LogP contribution in [0, 0.1) is 17.7 Å². The summed E-state index contributed by atoms with van der Waals surface area (Å²) in [7, 11) is 0. The predicted molar refractivity (Wildman–Crippen MR) is 159 cm³/mol. The number of unbranched alkanes of at least 4 members (excludes halogenated alkanes) is 4. The van der Waals surface area contributed by atoms with Gasteiger partial charge in [0.15, 0.2) is 0 Å². The van der Waals surface area contributed by atoms with Crippen LogP contribution < -0.4 is 0 Å². The van der Waals surface area contributed by atoms with Gasteiger partial charge in [-0.15, -0.1) is 11.6 Å². The molecule has 1 fully saturated rings. The van der Waals surface area contributed by atoms with Gasteiger partial charge in [-0.25, -0.2) is 4.39 Å². The molecule has 200 valence electrons. The predicted octanol–water partition coefficient (Wildman–Crippen LogP) is 10.9.